The van der Waals surface area contributed by atoms with Crippen LogP contribution >= 0.6 is 11.6 Å². The number of likely N-dealkylation sites (tertiary alicyclic amines) is 1. The lowest BCUT2D eigenvalue weighted by molar-refractivity contribution is 0.0951. The van der Waals surface area contributed by atoms with Crippen molar-refractivity contribution in [2.24, 2.45) is 0 Å². The highest BCUT2D eigenvalue weighted by atomic mass is 35.5. The average molecular weight is 594 g/mol. The van der Waals surface area contributed by atoms with Crippen molar-refractivity contribution >= 4 is 34.0 Å². The van der Waals surface area contributed by atoms with E-state index >= 15 is 0 Å². The van der Waals surface area contributed by atoms with E-state index in [1.807, 2.05) is 54.9 Å². The van der Waals surface area contributed by atoms with Gasteiger partial charge in [-0.25, -0.2) is 0 Å². The maximum absolute atomic E-state index is 13.3. The van der Waals surface area contributed by atoms with Gasteiger partial charge in [0, 0.05) is 48.2 Å². The summed E-state index contributed by atoms with van der Waals surface area (Å²) in [7, 11) is 0. The lowest BCUT2D eigenvalue weighted by Gasteiger charge is -2.34. The number of nitrogens with one attached hydrogen (secondary N) is 1. The average Bonchev–Trinajstić information content (AvgIpc) is 3.04. The number of ether oxygens (including phenoxy) is 1. The second kappa shape index (κ2) is 13.4. The third kappa shape index (κ3) is 7.22. The molecule has 2 aliphatic heterocycles. The number of hydrogen-bond donors (Lipinski definition) is 2. The van der Waals surface area contributed by atoms with Crippen LogP contribution in [0.1, 0.15) is 45.8 Å². The summed E-state index contributed by atoms with van der Waals surface area (Å²) in [4.78, 5) is 17.9. The highest BCUT2D eigenvalue weighted by Crippen LogP contribution is 2.32. The van der Waals surface area contributed by atoms with Crippen molar-refractivity contribution in [1.82, 2.24) is 15.1 Å². The molecule has 2 aliphatic rings. The van der Waals surface area contributed by atoms with Gasteiger partial charge < -0.3 is 25.0 Å². The highest BCUT2D eigenvalue weighted by Gasteiger charge is 2.25. The van der Waals surface area contributed by atoms with Crippen molar-refractivity contribution in [3.05, 3.63) is 131 Å². The molecule has 6 rings (SSSR count). The first-order valence-electron chi connectivity index (χ1n) is 14.9. The number of piperidine rings is 1. The standard InChI is InChI=1S/C36H36ClN3O3/c37-31-10-11-33(34(24-31)36(42)38-15-12-26-8-9-27-4-1-2-5-29(27)22-26)28-13-16-39(17-14-28)18-19-40-20-21-43-35(25-40)30-6-3-7-32(41)23-30/h1-11,20-25,28,41H,12-19H2,(H,38,42). The van der Waals surface area contributed by atoms with Crippen LogP contribution in [-0.2, 0) is 11.2 Å². The first-order chi connectivity index (χ1) is 21.0. The zero-order valence-electron chi connectivity index (χ0n) is 24.1. The van der Waals surface area contributed by atoms with E-state index in [4.69, 9.17) is 16.3 Å². The molecule has 2 N–H and O–H groups in total. The summed E-state index contributed by atoms with van der Waals surface area (Å²) in [6, 6.07) is 27.6. The normalized spacial score (nSPS) is 15.7. The third-order valence-corrected chi connectivity index (χ3v) is 8.57. The quantitative estimate of drug-likeness (QED) is 0.216. The van der Waals surface area contributed by atoms with E-state index in [1.165, 1.54) is 16.3 Å². The minimum absolute atomic E-state index is 0.0610. The molecule has 4 aromatic carbocycles. The fourth-order valence-electron chi connectivity index (χ4n) is 5.96. The summed E-state index contributed by atoms with van der Waals surface area (Å²) in [6.45, 7) is 4.25. The van der Waals surface area contributed by atoms with Crippen LogP contribution in [0.2, 0.25) is 5.02 Å². The molecule has 0 atom stereocenters. The number of amides is 1. The van der Waals surface area contributed by atoms with Gasteiger partial charge in [-0.2, -0.15) is 0 Å². The van der Waals surface area contributed by atoms with Crippen LogP contribution in [-0.4, -0.2) is 53.5 Å². The van der Waals surface area contributed by atoms with Crippen molar-refractivity contribution in [3.8, 4) is 5.75 Å². The minimum Gasteiger partial charge on any atom is -0.508 e. The first kappa shape index (κ1) is 28.8. The number of carbonyl (C=O) groups is 1. The summed E-state index contributed by atoms with van der Waals surface area (Å²) >= 11 is 6.36. The molecular formula is C36H36ClN3O3. The Hall–Kier alpha value is -4.26. The van der Waals surface area contributed by atoms with Gasteiger partial charge in [0.1, 0.15) is 17.8 Å². The maximum Gasteiger partial charge on any atom is 0.251 e. The van der Waals surface area contributed by atoms with Gasteiger partial charge >= 0.3 is 0 Å². The van der Waals surface area contributed by atoms with Gasteiger partial charge in [0.15, 0.2) is 0 Å². The molecular weight excluding hydrogens is 558 g/mol. The van der Waals surface area contributed by atoms with Gasteiger partial charge in [0.25, 0.3) is 5.91 Å². The van der Waals surface area contributed by atoms with Crippen molar-refractivity contribution < 1.29 is 14.6 Å². The molecule has 1 fully saturated rings. The summed E-state index contributed by atoms with van der Waals surface area (Å²) in [5, 5.41) is 16.0. The van der Waals surface area contributed by atoms with Gasteiger partial charge in [-0.05, 0) is 84.4 Å². The fourth-order valence-corrected chi connectivity index (χ4v) is 6.13. The molecule has 7 heteroatoms. The number of rotatable bonds is 9. The number of fused-ring (bicyclic) bond motifs is 1. The molecule has 4 aromatic rings. The Morgan fingerprint density at radius 3 is 2.60 bits per heavy atom. The second-order valence-electron chi connectivity index (χ2n) is 11.2. The van der Waals surface area contributed by atoms with Gasteiger partial charge in [-0.3, -0.25) is 4.79 Å². The molecule has 2 heterocycles. The first-order valence-corrected chi connectivity index (χ1v) is 15.3. The molecule has 6 nitrogen and oxygen atoms in total. The molecule has 0 radical (unpaired) electrons. The van der Waals surface area contributed by atoms with Crippen LogP contribution in [0, 0.1) is 0 Å². The molecule has 0 unspecified atom stereocenters. The van der Waals surface area contributed by atoms with E-state index in [1.54, 1.807) is 18.4 Å². The van der Waals surface area contributed by atoms with Crippen LogP contribution < -0.4 is 5.32 Å². The van der Waals surface area contributed by atoms with Gasteiger partial charge in [0.05, 0.1) is 0 Å². The second-order valence-corrected chi connectivity index (χ2v) is 11.7. The van der Waals surface area contributed by atoms with E-state index in [-0.39, 0.29) is 11.7 Å². The van der Waals surface area contributed by atoms with Crippen LogP contribution in [0.15, 0.2) is 104 Å². The van der Waals surface area contributed by atoms with E-state index in [0.717, 1.165) is 56.6 Å². The Morgan fingerprint density at radius 2 is 1.77 bits per heavy atom. The van der Waals surface area contributed by atoms with Crippen molar-refractivity contribution in [2.45, 2.75) is 25.2 Å². The molecule has 1 saturated heterocycles. The summed E-state index contributed by atoms with van der Waals surface area (Å²) in [6.07, 6.45) is 8.33. The van der Waals surface area contributed by atoms with Gasteiger partial charge in [0.2, 0.25) is 0 Å². The number of phenols is 1. The molecule has 1 amide bonds. The van der Waals surface area contributed by atoms with Gasteiger partial charge in [-0.1, -0.05) is 72.3 Å². The topological polar surface area (TPSA) is 65.0 Å². The largest absolute Gasteiger partial charge is 0.508 e. The zero-order chi connectivity index (χ0) is 29.6. The summed E-state index contributed by atoms with van der Waals surface area (Å²) in [5.41, 5.74) is 3.82. The Kier molecular flexibility index (Phi) is 8.96. The Balaban J connectivity index is 1.02. The maximum atomic E-state index is 13.3. The highest BCUT2D eigenvalue weighted by molar-refractivity contribution is 6.31. The lowest BCUT2D eigenvalue weighted by atomic mass is 9.86. The van der Waals surface area contributed by atoms with Crippen LogP contribution in [0.4, 0.5) is 0 Å². The van der Waals surface area contributed by atoms with Crippen molar-refractivity contribution in [2.75, 3.05) is 32.7 Å². The molecule has 0 spiro atoms. The van der Waals surface area contributed by atoms with E-state index in [9.17, 15) is 9.90 Å². The van der Waals surface area contributed by atoms with E-state index in [0.29, 0.717) is 28.8 Å². The summed E-state index contributed by atoms with van der Waals surface area (Å²) < 4.78 is 5.68. The number of nitrogens with zero attached hydrogens (tertiary/aromatic N) is 2. The van der Waals surface area contributed by atoms with Gasteiger partial charge in [-0.15, -0.1) is 0 Å². The predicted molar refractivity (Wildman–Crippen MR) is 173 cm³/mol. The number of carbonyl (C=O) groups excluding carboxylic acids is 1. The smallest absolute Gasteiger partial charge is 0.251 e. The van der Waals surface area contributed by atoms with Crippen LogP contribution in [0.5, 0.6) is 5.75 Å². The number of benzene rings is 4. The molecule has 0 aliphatic carbocycles. The van der Waals surface area contributed by atoms with Crippen LogP contribution in [0.25, 0.3) is 16.5 Å². The monoisotopic (exact) mass is 593 g/mol. The van der Waals surface area contributed by atoms with E-state index in [2.05, 4.69) is 45.4 Å². The fraction of sp³-hybridized carbons (Fsp3) is 0.250. The van der Waals surface area contributed by atoms with Crippen LogP contribution in [0.3, 0.4) is 0 Å². The number of phenolic OH excluding ortho intramolecular Hbond substituents is 1. The van der Waals surface area contributed by atoms with Crippen molar-refractivity contribution in [1.29, 1.82) is 0 Å². The van der Waals surface area contributed by atoms with E-state index < -0.39 is 0 Å². The SMILES string of the molecule is O=C(NCCc1ccc2ccccc2c1)c1cc(Cl)ccc1C1CCN(CCN2C=COC(c3cccc(O)c3)=C2)CC1. The number of hydrogen-bond acceptors (Lipinski definition) is 5. The summed E-state index contributed by atoms with van der Waals surface area (Å²) in [5.74, 6) is 1.18. The third-order valence-electron chi connectivity index (χ3n) is 8.34. The lowest BCUT2D eigenvalue weighted by Crippen LogP contribution is -2.38. The molecule has 0 bridgehead atoms. The number of halogens is 1. The number of aromatic hydroxyl groups is 1. The Bertz CT molecular complexity index is 1660. The molecule has 0 saturated carbocycles. The molecule has 0 aromatic heterocycles. The zero-order valence-corrected chi connectivity index (χ0v) is 24.8. The molecule has 220 valence electrons. The minimum atomic E-state index is -0.0610. The van der Waals surface area contributed by atoms with Crippen molar-refractivity contribution in [3.63, 3.8) is 0 Å². The molecule has 43 heavy (non-hydrogen) atoms. The Morgan fingerprint density at radius 1 is 0.930 bits per heavy atom. The Labute approximate surface area is 257 Å². The predicted octanol–water partition coefficient (Wildman–Crippen LogP) is 7.15.